The van der Waals surface area contributed by atoms with Gasteiger partial charge in [-0.25, -0.2) is 4.39 Å². The van der Waals surface area contributed by atoms with Crippen LogP contribution in [-0.2, 0) is 17.6 Å². The van der Waals surface area contributed by atoms with Gasteiger partial charge in [0.2, 0.25) is 5.91 Å². The molecule has 1 aliphatic carbocycles. The normalized spacial score (nSPS) is 19.9. The van der Waals surface area contributed by atoms with Gasteiger partial charge in [0.05, 0.1) is 12.1 Å². The number of rotatable bonds is 10. The molecular formula is C23H33F4N3O2. The van der Waals surface area contributed by atoms with E-state index in [2.05, 4.69) is 16.0 Å². The van der Waals surface area contributed by atoms with Gasteiger partial charge in [0.25, 0.3) is 5.91 Å². The summed E-state index contributed by atoms with van der Waals surface area (Å²) in [4.78, 5) is 24.1. The standard InChI is InChI=1S/C23H33F4N3O2/c1-3-15(2)30-21(31)14-28-12-16-4-6-17(7-5-16)13-29-22(32)19-8-18(11-24)9-20(10-19)23(25,26)27/h8-10,15-17,28H,3-7,11-14H2,1-2H3,(H,29,32)(H,30,31)/t15?,16-,17-. The topological polar surface area (TPSA) is 70.2 Å². The van der Waals surface area contributed by atoms with Crippen molar-refractivity contribution in [3.63, 3.8) is 0 Å². The Balaban J connectivity index is 1.74. The fraction of sp³-hybridized carbons (Fsp3) is 0.652. The molecule has 9 heteroatoms. The maximum Gasteiger partial charge on any atom is 0.416 e. The van der Waals surface area contributed by atoms with Crippen LogP contribution in [0.15, 0.2) is 18.2 Å². The third-order valence-corrected chi connectivity index (χ3v) is 5.99. The molecule has 1 saturated carbocycles. The Hall–Kier alpha value is -2.16. The second kappa shape index (κ2) is 12.2. The number of carbonyl (C=O) groups excluding carboxylic acids is 2. The van der Waals surface area contributed by atoms with Crippen molar-refractivity contribution in [2.24, 2.45) is 11.8 Å². The van der Waals surface area contributed by atoms with Gasteiger partial charge in [0.1, 0.15) is 6.67 Å². The van der Waals surface area contributed by atoms with Crippen LogP contribution < -0.4 is 16.0 Å². The fourth-order valence-electron chi connectivity index (χ4n) is 3.86. The third-order valence-electron chi connectivity index (χ3n) is 5.99. The van der Waals surface area contributed by atoms with E-state index in [4.69, 9.17) is 0 Å². The molecule has 0 saturated heterocycles. The molecule has 2 amide bonds. The minimum Gasteiger partial charge on any atom is -0.353 e. The number of alkyl halides is 4. The van der Waals surface area contributed by atoms with Gasteiger partial charge in [0.15, 0.2) is 0 Å². The Morgan fingerprint density at radius 2 is 1.69 bits per heavy atom. The van der Waals surface area contributed by atoms with E-state index in [1.807, 2.05) is 13.8 Å². The zero-order chi connectivity index (χ0) is 23.7. The van der Waals surface area contributed by atoms with Crippen molar-refractivity contribution in [2.75, 3.05) is 19.6 Å². The van der Waals surface area contributed by atoms with Gasteiger partial charge in [-0.1, -0.05) is 6.92 Å². The molecule has 1 unspecified atom stereocenters. The lowest BCUT2D eigenvalue weighted by Crippen LogP contribution is -2.40. The van der Waals surface area contributed by atoms with Crippen LogP contribution in [0.25, 0.3) is 0 Å². The number of amides is 2. The molecular weight excluding hydrogens is 426 g/mol. The highest BCUT2D eigenvalue weighted by molar-refractivity contribution is 5.94. The average Bonchev–Trinajstić information content (AvgIpc) is 2.77. The maximum absolute atomic E-state index is 13.0. The van der Waals surface area contributed by atoms with Crippen LogP contribution in [0.1, 0.15) is 67.4 Å². The van der Waals surface area contributed by atoms with Gasteiger partial charge >= 0.3 is 6.18 Å². The lowest BCUT2D eigenvalue weighted by molar-refractivity contribution is -0.137. The average molecular weight is 460 g/mol. The lowest BCUT2D eigenvalue weighted by atomic mass is 9.82. The fourth-order valence-corrected chi connectivity index (χ4v) is 3.86. The second-order valence-electron chi connectivity index (χ2n) is 8.65. The predicted molar refractivity (Wildman–Crippen MR) is 115 cm³/mol. The van der Waals surface area contributed by atoms with E-state index in [1.54, 1.807) is 0 Å². The molecule has 1 aliphatic rings. The molecule has 0 radical (unpaired) electrons. The van der Waals surface area contributed by atoms with Gasteiger partial charge in [-0.05, 0) is 81.2 Å². The zero-order valence-corrected chi connectivity index (χ0v) is 18.7. The summed E-state index contributed by atoms with van der Waals surface area (Å²) in [6.07, 6.45) is -0.0567. The van der Waals surface area contributed by atoms with Gasteiger partial charge in [-0.3, -0.25) is 9.59 Å². The molecule has 1 aromatic carbocycles. The summed E-state index contributed by atoms with van der Waals surface area (Å²) in [5.74, 6) is 0.0624. The summed E-state index contributed by atoms with van der Waals surface area (Å²) >= 11 is 0. The monoisotopic (exact) mass is 459 g/mol. The number of benzene rings is 1. The van der Waals surface area contributed by atoms with E-state index in [0.717, 1.165) is 56.8 Å². The minimum absolute atomic E-state index is 0.0127. The second-order valence-corrected chi connectivity index (χ2v) is 8.65. The lowest BCUT2D eigenvalue weighted by Gasteiger charge is -2.29. The Morgan fingerprint density at radius 1 is 1.06 bits per heavy atom. The summed E-state index contributed by atoms with van der Waals surface area (Å²) in [5, 5.41) is 8.80. The van der Waals surface area contributed by atoms with Crippen LogP contribution in [0.5, 0.6) is 0 Å². The molecule has 5 nitrogen and oxygen atoms in total. The highest BCUT2D eigenvalue weighted by Crippen LogP contribution is 2.31. The molecule has 180 valence electrons. The Kier molecular flexibility index (Phi) is 9.93. The summed E-state index contributed by atoms with van der Waals surface area (Å²) in [6, 6.07) is 2.80. The highest BCUT2D eigenvalue weighted by atomic mass is 19.4. The SMILES string of the molecule is CCC(C)NC(=O)CNC[C@H]1CC[C@H](CNC(=O)c2cc(CF)cc(C(F)(F)F)c2)CC1. The number of halogens is 4. The van der Waals surface area contributed by atoms with E-state index < -0.39 is 24.3 Å². The van der Waals surface area contributed by atoms with E-state index >= 15 is 0 Å². The van der Waals surface area contributed by atoms with Crippen molar-refractivity contribution < 1.29 is 27.2 Å². The van der Waals surface area contributed by atoms with Gasteiger partial charge in [0, 0.05) is 18.2 Å². The summed E-state index contributed by atoms with van der Waals surface area (Å²) < 4.78 is 51.9. The quantitative estimate of drug-likeness (QED) is 0.459. The molecule has 0 bridgehead atoms. The van der Waals surface area contributed by atoms with Crippen LogP contribution in [-0.4, -0.2) is 37.5 Å². The molecule has 32 heavy (non-hydrogen) atoms. The Morgan fingerprint density at radius 3 is 2.25 bits per heavy atom. The van der Waals surface area contributed by atoms with Crippen LogP contribution in [0.3, 0.4) is 0 Å². The number of nitrogens with one attached hydrogen (secondary N) is 3. The first kappa shape index (κ1) is 26.1. The number of carbonyl (C=O) groups is 2. The molecule has 1 atom stereocenters. The van der Waals surface area contributed by atoms with Crippen molar-refractivity contribution in [2.45, 2.75) is 64.8 Å². The van der Waals surface area contributed by atoms with E-state index in [0.29, 0.717) is 12.5 Å². The molecule has 0 aromatic heterocycles. The Bertz CT molecular complexity index is 762. The minimum atomic E-state index is -4.64. The first-order valence-corrected chi connectivity index (χ1v) is 11.2. The molecule has 0 aliphatic heterocycles. The first-order valence-electron chi connectivity index (χ1n) is 11.2. The largest absolute Gasteiger partial charge is 0.416 e. The molecule has 2 rings (SSSR count). The van der Waals surface area contributed by atoms with E-state index in [1.165, 1.54) is 0 Å². The van der Waals surface area contributed by atoms with Gasteiger partial charge in [-0.15, -0.1) is 0 Å². The molecule has 0 spiro atoms. The number of hydrogen-bond acceptors (Lipinski definition) is 3. The highest BCUT2D eigenvalue weighted by Gasteiger charge is 2.32. The first-order chi connectivity index (χ1) is 15.1. The smallest absolute Gasteiger partial charge is 0.353 e. The van der Waals surface area contributed by atoms with Gasteiger partial charge < -0.3 is 16.0 Å². The Labute approximate surface area is 186 Å². The van der Waals surface area contributed by atoms with Gasteiger partial charge in [-0.2, -0.15) is 13.2 Å². The zero-order valence-electron chi connectivity index (χ0n) is 18.7. The van der Waals surface area contributed by atoms with Crippen LogP contribution in [0, 0.1) is 11.8 Å². The molecule has 1 fully saturated rings. The van der Waals surface area contributed by atoms with Crippen LogP contribution in [0.2, 0.25) is 0 Å². The van der Waals surface area contributed by atoms with Crippen molar-refractivity contribution in [3.8, 4) is 0 Å². The summed E-state index contributed by atoms with van der Waals surface area (Å²) in [7, 11) is 0. The van der Waals surface area contributed by atoms with Crippen molar-refractivity contribution >= 4 is 11.8 Å². The molecule has 0 heterocycles. The van der Waals surface area contributed by atoms with Crippen molar-refractivity contribution in [1.82, 2.24) is 16.0 Å². The summed E-state index contributed by atoms with van der Waals surface area (Å²) in [5.41, 5.74) is -1.37. The van der Waals surface area contributed by atoms with E-state index in [-0.39, 0.29) is 35.5 Å². The van der Waals surface area contributed by atoms with Crippen molar-refractivity contribution in [1.29, 1.82) is 0 Å². The predicted octanol–water partition coefficient (Wildman–Crippen LogP) is 4.22. The third kappa shape index (κ3) is 8.41. The number of hydrogen-bond donors (Lipinski definition) is 3. The molecule has 3 N–H and O–H groups in total. The van der Waals surface area contributed by atoms with Crippen LogP contribution in [0.4, 0.5) is 17.6 Å². The maximum atomic E-state index is 13.0. The molecule has 1 aromatic rings. The van der Waals surface area contributed by atoms with E-state index in [9.17, 15) is 27.2 Å². The van der Waals surface area contributed by atoms with Crippen LogP contribution >= 0.6 is 0 Å². The summed E-state index contributed by atoms with van der Waals surface area (Å²) in [6.45, 7) is 4.32. The van der Waals surface area contributed by atoms with Crippen molar-refractivity contribution in [3.05, 3.63) is 34.9 Å².